The molecule has 0 aliphatic carbocycles. The largest absolute Gasteiger partial charge is 0.298 e. The lowest BCUT2D eigenvalue weighted by Gasteiger charge is -2.07. The third kappa shape index (κ3) is 1.91. The van der Waals surface area contributed by atoms with E-state index in [1.807, 2.05) is 12.3 Å². The summed E-state index contributed by atoms with van der Waals surface area (Å²) in [6, 6.07) is 1.90. The van der Waals surface area contributed by atoms with E-state index in [1.165, 1.54) is 0 Å². The van der Waals surface area contributed by atoms with E-state index < -0.39 is 0 Å². The van der Waals surface area contributed by atoms with Crippen LogP contribution in [-0.4, -0.2) is 11.3 Å². The van der Waals surface area contributed by atoms with Crippen LogP contribution in [0.1, 0.15) is 42.1 Å². The molecule has 0 fully saturated rings. The quantitative estimate of drug-likeness (QED) is 0.640. The Balaban J connectivity index is 2.93. The van der Waals surface area contributed by atoms with Gasteiger partial charge in [-0.15, -0.1) is 0 Å². The number of aldehydes is 1. The zero-order valence-electron chi connectivity index (χ0n) is 7.45. The topological polar surface area (TPSA) is 30.0 Å². The molecule has 1 aromatic heterocycles. The molecule has 0 amide bonds. The van der Waals surface area contributed by atoms with Crippen molar-refractivity contribution in [2.45, 2.75) is 26.2 Å². The maximum atomic E-state index is 10.4. The van der Waals surface area contributed by atoms with E-state index in [4.69, 9.17) is 0 Å². The van der Waals surface area contributed by atoms with Crippen LogP contribution in [0.3, 0.4) is 0 Å². The first-order valence-electron chi connectivity index (χ1n) is 4.18. The summed E-state index contributed by atoms with van der Waals surface area (Å²) in [6.45, 7) is 4.25. The van der Waals surface area contributed by atoms with Gasteiger partial charge >= 0.3 is 0 Å². The van der Waals surface area contributed by atoms with Crippen LogP contribution in [0.4, 0.5) is 0 Å². The molecule has 0 bridgehead atoms. The van der Waals surface area contributed by atoms with Crippen LogP contribution in [0, 0.1) is 0 Å². The van der Waals surface area contributed by atoms with Crippen molar-refractivity contribution in [3.63, 3.8) is 0 Å². The summed E-state index contributed by atoms with van der Waals surface area (Å²) < 4.78 is 0. The van der Waals surface area contributed by atoms with Crippen molar-refractivity contribution in [1.29, 1.82) is 0 Å². The lowest BCUT2D eigenvalue weighted by Crippen LogP contribution is -1.94. The highest BCUT2D eigenvalue weighted by Crippen LogP contribution is 2.17. The van der Waals surface area contributed by atoms with E-state index >= 15 is 0 Å². The van der Waals surface area contributed by atoms with Gasteiger partial charge in [-0.3, -0.25) is 9.78 Å². The van der Waals surface area contributed by atoms with Crippen molar-refractivity contribution in [3.8, 4) is 0 Å². The lowest BCUT2D eigenvalue weighted by atomic mass is 10.00. The fourth-order valence-electron chi connectivity index (χ4n) is 1.05. The van der Waals surface area contributed by atoms with E-state index in [9.17, 15) is 4.79 Å². The summed E-state index contributed by atoms with van der Waals surface area (Å²) in [7, 11) is 0. The first-order valence-corrected chi connectivity index (χ1v) is 4.18. The molecular weight excluding hydrogens is 150 g/mol. The molecule has 0 radical (unpaired) electrons. The fourth-order valence-corrected chi connectivity index (χ4v) is 1.05. The number of pyridine rings is 1. The Kier molecular flexibility index (Phi) is 2.97. The molecule has 1 rings (SSSR count). The normalized spacial score (nSPS) is 12.5. The Bertz CT molecular complexity index is 270. The average molecular weight is 163 g/mol. The molecule has 0 aliphatic rings. The zero-order valence-corrected chi connectivity index (χ0v) is 7.45. The molecule has 2 nitrogen and oxygen atoms in total. The van der Waals surface area contributed by atoms with Crippen molar-refractivity contribution in [2.75, 3.05) is 0 Å². The summed E-state index contributed by atoms with van der Waals surface area (Å²) in [4.78, 5) is 14.4. The van der Waals surface area contributed by atoms with Gasteiger partial charge in [0.2, 0.25) is 0 Å². The second-order valence-electron chi connectivity index (χ2n) is 2.98. The molecule has 1 aromatic rings. The van der Waals surface area contributed by atoms with Crippen LogP contribution in [0.5, 0.6) is 0 Å². The zero-order chi connectivity index (χ0) is 8.97. The van der Waals surface area contributed by atoms with E-state index in [-0.39, 0.29) is 0 Å². The monoisotopic (exact) mass is 163 g/mol. The number of carbonyl (C=O) groups is 1. The average Bonchev–Trinajstić information content (AvgIpc) is 2.17. The molecule has 0 saturated heterocycles. The van der Waals surface area contributed by atoms with Crippen LogP contribution in [-0.2, 0) is 0 Å². The molecule has 0 aromatic carbocycles. The summed E-state index contributed by atoms with van der Waals surface area (Å²) in [6.07, 6.45) is 5.31. The van der Waals surface area contributed by atoms with Gasteiger partial charge in [0.15, 0.2) is 6.29 Å². The van der Waals surface area contributed by atoms with Gasteiger partial charge in [-0.2, -0.15) is 0 Å². The van der Waals surface area contributed by atoms with Gasteiger partial charge in [-0.1, -0.05) is 13.8 Å². The van der Waals surface area contributed by atoms with E-state index in [0.717, 1.165) is 18.3 Å². The minimum atomic E-state index is 0.484. The molecule has 12 heavy (non-hydrogen) atoms. The van der Waals surface area contributed by atoms with Crippen LogP contribution in [0.15, 0.2) is 18.5 Å². The standard InChI is InChI=1S/C10H13NO/c1-3-8(2)10-4-9(7-12)5-11-6-10/h4-8H,3H2,1-2H3. The number of hydrogen-bond acceptors (Lipinski definition) is 2. The molecule has 0 spiro atoms. The minimum Gasteiger partial charge on any atom is -0.298 e. The third-order valence-electron chi connectivity index (χ3n) is 2.10. The van der Waals surface area contributed by atoms with Crippen molar-refractivity contribution >= 4 is 6.29 Å². The summed E-state index contributed by atoms with van der Waals surface area (Å²) >= 11 is 0. The van der Waals surface area contributed by atoms with Crippen molar-refractivity contribution in [1.82, 2.24) is 4.98 Å². The highest BCUT2D eigenvalue weighted by molar-refractivity contribution is 5.74. The number of carbonyl (C=O) groups excluding carboxylic acids is 1. The van der Waals surface area contributed by atoms with Crippen molar-refractivity contribution < 1.29 is 4.79 Å². The second-order valence-corrected chi connectivity index (χ2v) is 2.98. The number of nitrogens with zero attached hydrogens (tertiary/aromatic N) is 1. The minimum absolute atomic E-state index is 0.484. The molecule has 1 atom stereocenters. The number of hydrogen-bond donors (Lipinski definition) is 0. The van der Waals surface area contributed by atoms with E-state index in [1.54, 1.807) is 6.20 Å². The van der Waals surface area contributed by atoms with Crippen molar-refractivity contribution in [2.24, 2.45) is 0 Å². The predicted octanol–water partition coefficient (Wildman–Crippen LogP) is 2.41. The van der Waals surface area contributed by atoms with Gasteiger partial charge in [-0.05, 0) is 24.0 Å². The van der Waals surface area contributed by atoms with Crippen LogP contribution >= 0.6 is 0 Å². The highest BCUT2D eigenvalue weighted by atomic mass is 16.1. The summed E-state index contributed by atoms with van der Waals surface area (Å²) in [5.41, 5.74) is 1.80. The first kappa shape index (κ1) is 8.91. The van der Waals surface area contributed by atoms with Gasteiger partial charge in [0.05, 0.1) is 0 Å². The molecule has 0 aliphatic heterocycles. The molecule has 0 saturated carbocycles. The van der Waals surface area contributed by atoms with Crippen LogP contribution < -0.4 is 0 Å². The van der Waals surface area contributed by atoms with E-state index in [2.05, 4.69) is 18.8 Å². The summed E-state index contributed by atoms with van der Waals surface area (Å²) in [5.74, 6) is 0.484. The molecule has 64 valence electrons. The summed E-state index contributed by atoms with van der Waals surface area (Å²) in [5, 5.41) is 0. The SMILES string of the molecule is CCC(C)c1cncc(C=O)c1. The maximum Gasteiger partial charge on any atom is 0.151 e. The Labute approximate surface area is 72.6 Å². The van der Waals surface area contributed by atoms with Gasteiger partial charge in [0.1, 0.15) is 0 Å². The molecule has 1 unspecified atom stereocenters. The first-order chi connectivity index (χ1) is 5.77. The van der Waals surface area contributed by atoms with Crippen LogP contribution in [0.2, 0.25) is 0 Å². The van der Waals surface area contributed by atoms with Gasteiger partial charge < -0.3 is 0 Å². The maximum absolute atomic E-state index is 10.4. The predicted molar refractivity (Wildman–Crippen MR) is 48.3 cm³/mol. The van der Waals surface area contributed by atoms with Crippen LogP contribution in [0.25, 0.3) is 0 Å². The molecule has 1 heterocycles. The fraction of sp³-hybridized carbons (Fsp3) is 0.400. The van der Waals surface area contributed by atoms with Gasteiger partial charge in [0, 0.05) is 18.0 Å². The Morgan fingerprint density at radius 2 is 2.33 bits per heavy atom. The molecular formula is C10H13NO. The van der Waals surface area contributed by atoms with E-state index in [0.29, 0.717) is 11.5 Å². The smallest absolute Gasteiger partial charge is 0.151 e. The number of rotatable bonds is 3. The van der Waals surface area contributed by atoms with Crippen molar-refractivity contribution in [3.05, 3.63) is 29.6 Å². The third-order valence-corrected chi connectivity index (χ3v) is 2.10. The highest BCUT2D eigenvalue weighted by Gasteiger charge is 2.03. The van der Waals surface area contributed by atoms with Gasteiger partial charge in [0.25, 0.3) is 0 Å². The lowest BCUT2D eigenvalue weighted by molar-refractivity contribution is 0.112. The van der Waals surface area contributed by atoms with Gasteiger partial charge in [-0.25, -0.2) is 0 Å². The number of aromatic nitrogens is 1. The Morgan fingerprint density at radius 1 is 1.58 bits per heavy atom. The molecule has 0 N–H and O–H groups in total. The molecule has 2 heteroatoms. The Morgan fingerprint density at radius 3 is 2.92 bits per heavy atom. The second kappa shape index (κ2) is 4.00. The Hall–Kier alpha value is -1.18.